The quantitative estimate of drug-likeness (QED) is 0.0436. The minimum atomic E-state index is -2.53. The molecule has 1 aromatic heterocycles. The molecule has 5 aliphatic rings. The number of carbonyl (C=O) groups excluding carboxylic acids is 13. The predicted octanol–water partition coefficient (Wildman–Crippen LogP) is -5.11. The van der Waals surface area contributed by atoms with Gasteiger partial charge in [0.15, 0.2) is 0 Å². The summed E-state index contributed by atoms with van der Waals surface area (Å²) < 4.78 is 15.4. The zero-order valence-corrected chi connectivity index (χ0v) is 52.4. The van der Waals surface area contributed by atoms with Crippen molar-refractivity contribution in [2.24, 2.45) is 17.6 Å². The number of anilines is 1. The molecule has 5 aliphatic heterocycles. The zero-order chi connectivity index (χ0) is 67.1. The first-order valence-electron chi connectivity index (χ1n) is 31.0. The lowest BCUT2D eigenvalue weighted by Gasteiger charge is -2.36. The Bertz CT molecular complexity index is 3190. The van der Waals surface area contributed by atoms with Crippen LogP contribution in [0.15, 0.2) is 29.3 Å². The number of phenolic OH excluding ortho intramolecular Hbond substituents is 1. The first-order valence-corrected chi connectivity index (χ1v) is 32.3. The number of aliphatic hydroxyl groups excluding tert-OH is 3. The van der Waals surface area contributed by atoms with Crippen LogP contribution in [-0.2, 0) is 79.5 Å². The van der Waals surface area contributed by atoms with E-state index in [0.717, 1.165) is 9.80 Å². The van der Waals surface area contributed by atoms with Crippen LogP contribution in [0.5, 0.6) is 5.75 Å². The number of primary amides is 1. The van der Waals surface area contributed by atoms with Gasteiger partial charge >= 0.3 is 0 Å². The summed E-state index contributed by atoms with van der Waals surface area (Å²) >= 11 is 0. The number of nitrogens with zero attached hydrogens (tertiary/aromatic N) is 4. The van der Waals surface area contributed by atoms with E-state index < -0.39 is 176 Å². The third-order valence-corrected chi connectivity index (χ3v) is 18.6. The van der Waals surface area contributed by atoms with Crippen molar-refractivity contribution >= 4 is 104 Å². The second-order valence-electron chi connectivity index (χ2n) is 23.8. The number of rotatable bonds is 20. The maximum Gasteiger partial charge on any atom is 0.253 e. The summed E-state index contributed by atoms with van der Waals surface area (Å²) in [5.74, 6) is -13.6. The summed E-state index contributed by atoms with van der Waals surface area (Å²) in [6.07, 6.45) is 1.85. The van der Waals surface area contributed by atoms with Gasteiger partial charge in [-0.1, -0.05) is 40.0 Å². The molecule has 2 saturated heterocycles. The van der Waals surface area contributed by atoms with Gasteiger partial charge in [-0.25, -0.2) is 0 Å². The molecule has 33 heteroatoms. The number of benzene rings is 1. The number of fused-ring (bicyclic) bond motifs is 5. The van der Waals surface area contributed by atoms with Crippen molar-refractivity contribution in [3.8, 4) is 5.75 Å². The van der Waals surface area contributed by atoms with Gasteiger partial charge in [0, 0.05) is 95.0 Å². The van der Waals surface area contributed by atoms with E-state index in [1.54, 1.807) is 23.6 Å². The maximum atomic E-state index is 15.4. The van der Waals surface area contributed by atoms with Gasteiger partial charge in [-0.05, 0) is 49.3 Å². The number of aromatic amines is 1. The topological polar surface area (TPSA) is 471 Å². The Morgan fingerprint density at radius 2 is 1.42 bits per heavy atom. The maximum absolute atomic E-state index is 15.4. The number of H-pyrrole nitrogens is 1. The Labute approximate surface area is 532 Å². The normalized spacial score (nSPS) is 25.2. The second kappa shape index (κ2) is 32.6. The molecule has 0 spiro atoms. The Morgan fingerprint density at radius 1 is 0.761 bits per heavy atom. The standard InChI is InChI=1S/C59H84N14O18S/c1-4-31(2)49-56(88)63-26-44(80)64-38-30-92(91)58-35(34-13-14-40(76)52(51(34)69-58)71-21-19-70(20-22-71)46(82)12-8-5-9-17-61-43(79)11-7-6-10-18-72-47(83)15-16-48(72)84)24-36(53(85)62-27-45(81)67-49)65-57(89)50(32(3)41(77)29-74)68-55(87)39-23-33(75)28-73(39)59(90)37(25-42(60)78)66-54(38)86/h13-16,31-33,36-39,41,49-50,69,74-77H,4-12,17-30H2,1-3H3,(H2,60,78)(H,61,79)(H,62,85)(H,63,88)(H,64,80)(H,65,89)(H,66,86)(H,67,81)(H,68,87)/t31-,32+,33+,36+,37-,38+,39-,41+,49-,50-,92?/m0/s1. The summed E-state index contributed by atoms with van der Waals surface area (Å²) in [5.41, 5.74) is 5.86. The fourth-order valence-electron chi connectivity index (χ4n) is 11.7. The molecular weight excluding hydrogens is 1220 g/mol. The van der Waals surface area contributed by atoms with E-state index in [9.17, 15) is 82.8 Å². The van der Waals surface area contributed by atoms with Gasteiger partial charge in [0.05, 0.1) is 60.4 Å². The van der Waals surface area contributed by atoms with Gasteiger partial charge in [0.2, 0.25) is 65.0 Å². The number of nitrogens with two attached hydrogens (primary N) is 1. The van der Waals surface area contributed by atoms with Gasteiger partial charge in [-0.2, -0.15) is 0 Å². The zero-order valence-electron chi connectivity index (χ0n) is 51.6. The second-order valence-corrected chi connectivity index (χ2v) is 25.2. The highest BCUT2D eigenvalue weighted by Crippen LogP contribution is 2.40. The van der Waals surface area contributed by atoms with E-state index in [4.69, 9.17) is 5.73 Å². The van der Waals surface area contributed by atoms with Crippen LogP contribution in [0.25, 0.3) is 10.9 Å². The SMILES string of the molecule is CC[C@H](C)[C@@H]1NC(=O)CNC(=O)[C@H]2Cc3c([nH]c4c(N5CCN(C(=O)CCCCCNC(=O)CCCCCN6C(=O)C=CC6=O)CC5)c(O)ccc34)S(=O)C[C@@H](NC(=O)CNC1=O)C(=O)N[C@@H](CC(N)=O)C(=O)N1C[C@H](O)C[C@H]1C(=O)N[C@@H]([C@H](C)[C@H](O)CO)C(=O)N2. The molecule has 0 radical (unpaired) electrons. The molecule has 2 fully saturated rings. The highest BCUT2D eigenvalue weighted by molar-refractivity contribution is 7.85. The van der Waals surface area contributed by atoms with Gasteiger partial charge in [-0.15, -0.1) is 0 Å². The van der Waals surface area contributed by atoms with Crippen molar-refractivity contribution in [2.75, 3.05) is 76.2 Å². The molecule has 11 atom stereocenters. The molecule has 92 heavy (non-hydrogen) atoms. The predicted molar refractivity (Wildman–Crippen MR) is 327 cm³/mol. The number of unbranched alkanes of at least 4 members (excludes halogenated alkanes) is 4. The number of amides is 13. The van der Waals surface area contributed by atoms with Crippen LogP contribution < -0.4 is 53.2 Å². The van der Waals surface area contributed by atoms with Crippen molar-refractivity contribution in [3.63, 3.8) is 0 Å². The van der Waals surface area contributed by atoms with E-state index in [0.29, 0.717) is 58.0 Å². The van der Waals surface area contributed by atoms with E-state index in [-0.39, 0.29) is 95.6 Å². The molecule has 13 amide bonds. The van der Waals surface area contributed by atoms with Crippen molar-refractivity contribution in [1.82, 2.24) is 62.2 Å². The molecule has 0 aliphatic carbocycles. The average Bonchev–Trinajstić information content (AvgIpc) is 1.59. The van der Waals surface area contributed by atoms with Crippen molar-refractivity contribution < 1.29 is 87.0 Å². The number of aromatic nitrogens is 1. The molecule has 32 nitrogen and oxygen atoms in total. The number of hydrogen-bond acceptors (Lipinski definition) is 19. The number of carbonyl (C=O) groups is 13. The van der Waals surface area contributed by atoms with Crippen molar-refractivity contribution in [2.45, 2.75) is 151 Å². The van der Waals surface area contributed by atoms with Crippen molar-refractivity contribution in [1.29, 1.82) is 0 Å². The van der Waals surface area contributed by atoms with E-state index in [2.05, 4.69) is 47.5 Å². The first kappa shape index (κ1) is 70.9. The highest BCUT2D eigenvalue weighted by Gasteiger charge is 2.45. The number of aromatic hydroxyl groups is 1. The molecule has 2 bridgehead atoms. The summed E-state index contributed by atoms with van der Waals surface area (Å²) in [7, 11) is -2.53. The Hall–Kier alpha value is -8.56. The minimum Gasteiger partial charge on any atom is -0.506 e. The van der Waals surface area contributed by atoms with Gasteiger partial charge < -0.3 is 88.4 Å². The molecule has 2 aromatic rings. The van der Waals surface area contributed by atoms with Gasteiger partial charge in [0.25, 0.3) is 11.8 Å². The molecule has 15 N–H and O–H groups in total. The Morgan fingerprint density at radius 3 is 2.10 bits per heavy atom. The number of phenols is 1. The Balaban J connectivity index is 1.19. The lowest BCUT2D eigenvalue weighted by Crippen LogP contribution is -2.62. The molecule has 504 valence electrons. The molecule has 6 heterocycles. The summed E-state index contributed by atoms with van der Waals surface area (Å²) in [4.78, 5) is 185. The first-order chi connectivity index (χ1) is 43.8. The molecule has 0 saturated carbocycles. The molecule has 7 rings (SSSR count). The number of aliphatic hydroxyl groups is 3. The summed E-state index contributed by atoms with van der Waals surface area (Å²) in [5, 5.41) is 63.8. The Kier molecular flexibility index (Phi) is 25.1. The molecule has 1 aromatic carbocycles. The third-order valence-electron chi connectivity index (χ3n) is 17.2. The lowest BCUT2D eigenvalue weighted by atomic mass is 9.93. The molecule has 1 unspecified atom stereocenters. The summed E-state index contributed by atoms with van der Waals surface area (Å²) in [6, 6.07) is -7.66. The van der Waals surface area contributed by atoms with E-state index in [1.165, 1.54) is 31.2 Å². The molecular formula is C59H84N14O18S. The van der Waals surface area contributed by atoms with Crippen LogP contribution >= 0.6 is 0 Å². The minimum absolute atomic E-state index is 0.0109. The number of imide groups is 1. The number of nitrogens with one attached hydrogen (secondary N) is 9. The van der Waals surface area contributed by atoms with Gasteiger partial charge in [0.1, 0.15) is 52.7 Å². The van der Waals surface area contributed by atoms with Crippen LogP contribution in [0.1, 0.15) is 97.0 Å². The lowest BCUT2D eigenvalue weighted by molar-refractivity contribution is -0.144. The fourth-order valence-corrected chi connectivity index (χ4v) is 13.1. The smallest absolute Gasteiger partial charge is 0.253 e. The average molecular weight is 1310 g/mol. The largest absolute Gasteiger partial charge is 0.506 e. The number of hydrogen-bond donors (Lipinski definition) is 14. The van der Waals surface area contributed by atoms with E-state index >= 15 is 4.21 Å². The van der Waals surface area contributed by atoms with Crippen LogP contribution in [-0.4, -0.2) is 241 Å². The van der Waals surface area contributed by atoms with Crippen LogP contribution in [0, 0.1) is 11.8 Å². The van der Waals surface area contributed by atoms with Crippen LogP contribution in [0.4, 0.5) is 5.69 Å². The summed E-state index contributed by atoms with van der Waals surface area (Å²) in [6.45, 7) is 2.93. The van der Waals surface area contributed by atoms with E-state index in [1.807, 2.05) is 0 Å². The third kappa shape index (κ3) is 18.1. The monoisotopic (exact) mass is 1310 g/mol. The highest BCUT2D eigenvalue weighted by atomic mass is 32.2. The van der Waals surface area contributed by atoms with Crippen LogP contribution in [0.3, 0.4) is 0 Å². The van der Waals surface area contributed by atoms with Crippen molar-refractivity contribution in [3.05, 3.63) is 29.8 Å². The number of piperazine rings is 1. The van der Waals surface area contributed by atoms with Crippen LogP contribution in [0.2, 0.25) is 0 Å². The van der Waals surface area contributed by atoms with Gasteiger partial charge in [-0.3, -0.25) is 71.4 Å². The fraction of sp³-hybridized carbons (Fsp3) is 0.610.